The number of amides is 3. The maximum Gasteiger partial charge on any atom is 0.251 e. The lowest BCUT2D eigenvalue weighted by Crippen LogP contribution is -2.49. The Bertz CT molecular complexity index is 765. The van der Waals surface area contributed by atoms with E-state index < -0.39 is 17.9 Å². The second-order valence-electron chi connectivity index (χ2n) is 5.37. The molecule has 0 saturated carbocycles. The lowest BCUT2D eigenvalue weighted by molar-refractivity contribution is -0.126. The van der Waals surface area contributed by atoms with Crippen molar-refractivity contribution >= 4 is 40.3 Å². The molecule has 0 aliphatic heterocycles. The fraction of sp³-hybridized carbons (Fsp3) is 0.167. The minimum atomic E-state index is -0.836. The largest absolute Gasteiger partial charge is 0.368 e. The zero-order valence-corrected chi connectivity index (χ0v) is 15.5. The number of benzene rings is 2. The van der Waals surface area contributed by atoms with Crippen molar-refractivity contribution in [2.24, 2.45) is 5.73 Å². The Morgan fingerprint density at radius 1 is 1.00 bits per heavy atom. The van der Waals surface area contributed by atoms with Gasteiger partial charge in [-0.2, -0.15) is 0 Å². The van der Waals surface area contributed by atoms with Crippen LogP contribution in [0, 0.1) is 3.57 Å². The molecule has 0 heterocycles. The third kappa shape index (κ3) is 5.86. The molecule has 0 unspecified atom stereocenters. The summed E-state index contributed by atoms with van der Waals surface area (Å²) in [6.07, 6.45) is 0.298. The molecular weight excluding hydrogens is 433 g/mol. The van der Waals surface area contributed by atoms with E-state index in [2.05, 4.69) is 33.2 Å². The summed E-state index contributed by atoms with van der Waals surface area (Å²) in [5.74, 6) is -1.45. The zero-order chi connectivity index (χ0) is 18.2. The van der Waals surface area contributed by atoms with Gasteiger partial charge in [0, 0.05) is 15.6 Å². The normalized spacial score (nSPS) is 11.4. The van der Waals surface area contributed by atoms with Gasteiger partial charge in [-0.25, -0.2) is 0 Å². The molecule has 0 fully saturated rings. The van der Waals surface area contributed by atoms with Crippen molar-refractivity contribution in [2.75, 3.05) is 6.54 Å². The molecule has 6 nitrogen and oxygen atoms in total. The molecule has 0 radical (unpaired) electrons. The summed E-state index contributed by atoms with van der Waals surface area (Å²) >= 11 is 2.16. The first-order valence-electron chi connectivity index (χ1n) is 7.62. The van der Waals surface area contributed by atoms with Crippen LogP contribution in [0.1, 0.15) is 15.9 Å². The van der Waals surface area contributed by atoms with E-state index in [1.54, 1.807) is 30.3 Å². The smallest absolute Gasteiger partial charge is 0.251 e. The first kappa shape index (κ1) is 18.9. The Kier molecular flexibility index (Phi) is 6.93. The highest BCUT2D eigenvalue weighted by atomic mass is 127. The molecule has 2 aromatic rings. The van der Waals surface area contributed by atoms with E-state index in [0.717, 1.165) is 9.13 Å². The third-order valence-electron chi connectivity index (χ3n) is 3.51. The number of carbonyl (C=O) groups is 3. The molecule has 2 rings (SSSR count). The van der Waals surface area contributed by atoms with E-state index >= 15 is 0 Å². The fourth-order valence-corrected chi connectivity index (χ4v) is 2.81. The first-order valence-corrected chi connectivity index (χ1v) is 8.70. The minimum Gasteiger partial charge on any atom is -0.368 e. The van der Waals surface area contributed by atoms with Crippen molar-refractivity contribution in [1.29, 1.82) is 0 Å². The van der Waals surface area contributed by atoms with E-state index in [4.69, 9.17) is 5.73 Å². The Balaban J connectivity index is 1.91. The molecule has 25 heavy (non-hydrogen) atoms. The van der Waals surface area contributed by atoms with Gasteiger partial charge in [0.25, 0.3) is 5.91 Å². The van der Waals surface area contributed by atoms with E-state index in [-0.39, 0.29) is 12.5 Å². The molecule has 0 aliphatic rings. The monoisotopic (exact) mass is 451 g/mol. The summed E-state index contributed by atoms with van der Waals surface area (Å²) in [4.78, 5) is 35.6. The zero-order valence-electron chi connectivity index (χ0n) is 13.4. The van der Waals surface area contributed by atoms with Gasteiger partial charge in [-0.05, 0) is 46.4 Å². The van der Waals surface area contributed by atoms with Crippen LogP contribution in [0.2, 0.25) is 0 Å². The molecule has 0 aliphatic carbocycles. The topological polar surface area (TPSA) is 101 Å². The van der Waals surface area contributed by atoms with Gasteiger partial charge in [0.1, 0.15) is 6.04 Å². The fourth-order valence-electron chi connectivity index (χ4n) is 2.20. The number of nitrogens with one attached hydrogen (secondary N) is 2. The van der Waals surface area contributed by atoms with Crippen LogP contribution in [0.4, 0.5) is 0 Å². The standard InChI is InChI=1S/C18H18IN3O3/c19-14-9-5-4-8-13(14)10-15(17(20)24)22-16(23)11-21-18(25)12-6-2-1-3-7-12/h1-9,15H,10-11H2,(H2,20,24)(H,21,25)(H,22,23)/t15-/m1/s1. The van der Waals surface area contributed by atoms with Crippen LogP contribution >= 0.6 is 22.6 Å². The predicted molar refractivity (Wildman–Crippen MR) is 103 cm³/mol. The van der Waals surface area contributed by atoms with Crippen molar-refractivity contribution < 1.29 is 14.4 Å². The number of primary amides is 1. The SMILES string of the molecule is NC(=O)[C@@H](Cc1ccccc1I)NC(=O)CNC(=O)c1ccccc1. The molecule has 1 atom stereocenters. The highest BCUT2D eigenvalue weighted by molar-refractivity contribution is 14.1. The van der Waals surface area contributed by atoms with Gasteiger partial charge in [0.2, 0.25) is 11.8 Å². The Labute approximate surface area is 159 Å². The van der Waals surface area contributed by atoms with Crippen molar-refractivity contribution in [3.63, 3.8) is 0 Å². The Morgan fingerprint density at radius 2 is 1.64 bits per heavy atom. The van der Waals surface area contributed by atoms with Gasteiger partial charge in [-0.15, -0.1) is 0 Å². The van der Waals surface area contributed by atoms with Crippen LogP contribution in [0.25, 0.3) is 0 Å². The van der Waals surface area contributed by atoms with Crippen LogP contribution in [0.15, 0.2) is 54.6 Å². The summed E-state index contributed by atoms with van der Waals surface area (Å²) in [6.45, 7) is -0.233. The second-order valence-corrected chi connectivity index (χ2v) is 6.53. The number of carbonyl (C=O) groups excluding carboxylic acids is 3. The Hall–Kier alpha value is -2.42. The van der Waals surface area contributed by atoms with Gasteiger partial charge in [0.15, 0.2) is 0 Å². The molecular formula is C18H18IN3O3. The van der Waals surface area contributed by atoms with Crippen molar-refractivity contribution in [3.05, 3.63) is 69.3 Å². The number of halogens is 1. The van der Waals surface area contributed by atoms with Gasteiger partial charge in [-0.1, -0.05) is 36.4 Å². The van der Waals surface area contributed by atoms with E-state index in [1.807, 2.05) is 24.3 Å². The molecule has 0 aromatic heterocycles. The molecule has 3 amide bonds. The van der Waals surface area contributed by atoms with Crippen molar-refractivity contribution in [3.8, 4) is 0 Å². The van der Waals surface area contributed by atoms with Gasteiger partial charge < -0.3 is 16.4 Å². The van der Waals surface area contributed by atoms with Crippen molar-refractivity contribution in [1.82, 2.24) is 10.6 Å². The summed E-state index contributed by atoms with van der Waals surface area (Å²) in [6, 6.07) is 15.3. The third-order valence-corrected chi connectivity index (χ3v) is 4.56. The lowest BCUT2D eigenvalue weighted by Gasteiger charge is -2.16. The Morgan fingerprint density at radius 3 is 2.28 bits per heavy atom. The maximum atomic E-state index is 12.0. The van der Waals surface area contributed by atoms with Gasteiger partial charge in [-0.3, -0.25) is 14.4 Å². The minimum absolute atomic E-state index is 0.233. The van der Waals surface area contributed by atoms with Crippen LogP contribution in [-0.2, 0) is 16.0 Å². The van der Waals surface area contributed by atoms with Gasteiger partial charge in [0.05, 0.1) is 6.54 Å². The lowest BCUT2D eigenvalue weighted by atomic mass is 10.1. The van der Waals surface area contributed by atoms with E-state index in [1.165, 1.54) is 0 Å². The summed E-state index contributed by atoms with van der Waals surface area (Å²) < 4.78 is 0.984. The molecule has 0 spiro atoms. The summed E-state index contributed by atoms with van der Waals surface area (Å²) in [5.41, 5.74) is 6.76. The molecule has 130 valence electrons. The van der Waals surface area contributed by atoms with Gasteiger partial charge >= 0.3 is 0 Å². The van der Waals surface area contributed by atoms with Crippen LogP contribution in [0.3, 0.4) is 0 Å². The summed E-state index contributed by atoms with van der Waals surface area (Å²) in [5, 5.41) is 5.08. The number of rotatable bonds is 7. The maximum absolute atomic E-state index is 12.0. The molecule has 0 bridgehead atoms. The highest BCUT2D eigenvalue weighted by Gasteiger charge is 2.20. The van der Waals surface area contributed by atoms with Crippen LogP contribution in [-0.4, -0.2) is 30.3 Å². The number of hydrogen-bond acceptors (Lipinski definition) is 3. The van der Waals surface area contributed by atoms with Crippen molar-refractivity contribution in [2.45, 2.75) is 12.5 Å². The number of nitrogens with two attached hydrogens (primary N) is 1. The quantitative estimate of drug-likeness (QED) is 0.553. The molecule has 7 heteroatoms. The highest BCUT2D eigenvalue weighted by Crippen LogP contribution is 2.13. The average Bonchev–Trinajstić information content (AvgIpc) is 2.61. The average molecular weight is 451 g/mol. The second kappa shape index (κ2) is 9.16. The first-order chi connectivity index (χ1) is 12.0. The molecule has 2 aromatic carbocycles. The molecule has 0 saturated heterocycles. The van der Waals surface area contributed by atoms with Crippen LogP contribution < -0.4 is 16.4 Å². The van der Waals surface area contributed by atoms with E-state index in [0.29, 0.717) is 12.0 Å². The van der Waals surface area contributed by atoms with Crippen LogP contribution in [0.5, 0.6) is 0 Å². The molecule has 4 N–H and O–H groups in total. The summed E-state index contributed by atoms with van der Waals surface area (Å²) in [7, 11) is 0. The number of hydrogen-bond donors (Lipinski definition) is 3. The van der Waals surface area contributed by atoms with E-state index in [9.17, 15) is 14.4 Å². The predicted octanol–water partition coefficient (Wildman–Crippen LogP) is 1.23.